The molecule has 0 aliphatic carbocycles. The van der Waals surface area contributed by atoms with Crippen LogP contribution in [0.3, 0.4) is 0 Å². The van der Waals surface area contributed by atoms with Crippen LogP contribution in [0.4, 0.5) is 0 Å². The number of aryl methyl sites for hydroxylation is 1. The number of carbonyl (C=O) groups is 1. The number of nitrogens with zero attached hydrogens (tertiary/aromatic N) is 1. The average Bonchev–Trinajstić information content (AvgIpc) is 2.77. The molecule has 1 N–H and O–H groups in total. The van der Waals surface area contributed by atoms with Crippen LogP contribution < -0.4 is 14.9 Å². The molecular formula is C25H34N2O3. The van der Waals surface area contributed by atoms with Crippen LogP contribution in [0.2, 0.25) is 0 Å². The number of amides is 1. The second-order valence-electron chi connectivity index (χ2n) is 7.31. The number of hydrazone groups is 1. The summed E-state index contributed by atoms with van der Waals surface area (Å²) >= 11 is 0. The fourth-order valence-corrected chi connectivity index (χ4v) is 2.88. The van der Waals surface area contributed by atoms with Crippen molar-refractivity contribution in [2.24, 2.45) is 5.10 Å². The van der Waals surface area contributed by atoms with Crippen molar-refractivity contribution in [1.82, 2.24) is 5.43 Å². The van der Waals surface area contributed by atoms with Crippen molar-refractivity contribution in [2.45, 2.75) is 58.8 Å². The minimum atomic E-state index is -0.297. The molecule has 0 saturated heterocycles. The van der Waals surface area contributed by atoms with E-state index in [1.165, 1.54) is 37.7 Å². The van der Waals surface area contributed by atoms with Crippen molar-refractivity contribution in [3.63, 3.8) is 0 Å². The Balaban J connectivity index is 1.67. The van der Waals surface area contributed by atoms with E-state index in [2.05, 4.69) is 36.5 Å². The van der Waals surface area contributed by atoms with Gasteiger partial charge in [-0.1, -0.05) is 51.7 Å². The van der Waals surface area contributed by atoms with Crippen molar-refractivity contribution in [2.75, 3.05) is 13.2 Å². The molecule has 30 heavy (non-hydrogen) atoms. The molecule has 0 fully saturated rings. The zero-order valence-corrected chi connectivity index (χ0v) is 18.2. The van der Waals surface area contributed by atoms with Crippen LogP contribution >= 0.6 is 0 Å². The van der Waals surface area contributed by atoms with E-state index in [0.29, 0.717) is 5.75 Å². The van der Waals surface area contributed by atoms with E-state index >= 15 is 0 Å². The van der Waals surface area contributed by atoms with Crippen molar-refractivity contribution in [1.29, 1.82) is 0 Å². The molecule has 2 aromatic carbocycles. The fourth-order valence-electron chi connectivity index (χ4n) is 2.88. The Morgan fingerprint density at radius 2 is 1.50 bits per heavy atom. The van der Waals surface area contributed by atoms with Crippen molar-refractivity contribution < 1.29 is 14.3 Å². The van der Waals surface area contributed by atoms with Crippen LogP contribution in [0, 0.1) is 0 Å². The predicted molar refractivity (Wildman–Crippen MR) is 122 cm³/mol. The van der Waals surface area contributed by atoms with Gasteiger partial charge in [0.05, 0.1) is 12.8 Å². The Kier molecular flexibility index (Phi) is 11.1. The van der Waals surface area contributed by atoms with Crippen LogP contribution in [-0.4, -0.2) is 25.3 Å². The fraction of sp³-hybridized carbons (Fsp3) is 0.440. The number of benzene rings is 2. The van der Waals surface area contributed by atoms with Gasteiger partial charge in [-0.25, -0.2) is 5.43 Å². The molecule has 0 atom stereocenters. The topological polar surface area (TPSA) is 59.9 Å². The van der Waals surface area contributed by atoms with Crippen molar-refractivity contribution in [3.8, 4) is 11.5 Å². The zero-order chi connectivity index (χ0) is 21.4. The van der Waals surface area contributed by atoms with Gasteiger partial charge in [0.15, 0.2) is 6.61 Å². The molecular weight excluding hydrogens is 376 g/mol. The molecule has 0 saturated carbocycles. The summed E-state index contributed by atoms with van der Waals surface area (Å²) in [7, 11) is 0. The number of ether oxygens (including phenoxy) is 2. The SMILES string of the molecule is CCCCCOc1ccc(/C=N/NC(=O)COc2ccc(CCCCC)cc2)cc1. The quantitative estimate of drug-likeness (QED) is 0.253. The molecule has 0 radical (unpaired) electrons. The smallest absolute Gasteiger partial charge is 0.277 e. The second-order valence-corrected chi connectivity index (χ2v) is 7.31. The highest BCUT2D eigenvalue weighted by atomic mass is 16.5. The third-order valence-electron chi connectivity index (χ3n) is 4.66. The number of unbranched alkanes of at least 4 members (excludes halogenated alkanes) is 4. The zero-order valence-electron chi connectivity index (χ0n) is 18.2. The maximum absolute atomic E-state index is 11.9. The van der Waals surface area contributed by atoms with E-state index in [9.17, 15) is 4.79 Å². The first-order valence-electron chi connectivity index (χ1n) is 11.0. The molecule has 5 heteroatoms. The molecule has 0 bridgehead atoms. The lowest BCUT2D eigenvalue weighted by atomic mass is 10.1. The molecule has 0 aromatic heterocycles. The van der Waals surface area contributed by atoms with E-state index in [4.69, 9.17) is 9.47 Å². The Bertz CT molecular complexity index is 755. The van der Waals surface area contributed by atoms with E-state index in [0.717, 1.165) is 30.8 Å². The molecule has 0 unspecified atom stereocenters. The van der Waals surface area contributed by atoms with Gasteiger partial charge in [-0.15, -0.1) is 0 Å². The molecule has 0 heterocycles. The van der Waals surface area contributed by atoms with Gasteiger partial charge in [-0.05, 0) is 66.8 Å². The first-order chi connectivity index (χ1) is 14.7. The lowest BCUT2D eigenvalue weighted by Gasteiger charge is -2.07. The summed E-state index contributed by atoms with van der Waals surface area (Å²) in [5.41, 5.74) is 4.66. The van der Waals surface area contributed by atoms with Gasteiger partial charge in [0.25, 0.3) is 5.91 Å². The summed E-state index contributed by atoms with van der Waals surface area (Å²) in [5.74, 6) is 1.23. The third kappa shape index (κ3) is 9.59. The Morgan fingerprint density at radius 3 is 2.20 bits per heavy atom. The van der Waals surface area contributed by atoms with Crippen LogP contribution in [0.25, 0.3) is 0 Å². The van der Waals surface area contributed by atoms with E-state index in [1.54, 1.807) is 6.21 Å². The number of hydrogen-bond acceptors (Lipinski definition) is 4. The Hall–Kier alpha value is -2.82. The molecule has 0 aliphatic rings. The first kappa shape index (κ1) is 23.5. The summed E-state index contributed by atoms with van der Waals surface area (Å²) in [6, 6.07) is 15.5. The summed E-state index contributed by atoms with van der Waals surface area (Å²) in [4.78, 5) is 11.9. The first-order valence-corrected chi connectivity index (χ1v) is 11.0. The van der Waals surface area contributed by atoms with Crippen LogP contribution in [-0.2, 0) is 11.2 Å². The minimum Gasteiger partial charge on any atom is -0.494 e. The highest BCUT2D eigenvalue weighted by molar-refractivity contribution is 5.83. The molecule has 0 spiro atoms. The summed E-state index contributed by atoms with van der Waals surface area (Å²) in [5, 5.41) is 3.98. The van der Waals surface area contributed by atoms with Crippen LogP contribution in [0.15, 0.2) is 53.6 Å². The molecule has 162 valence electrons. The molecule has 1 amide bonds. The van der Waals surface area contributed by atoms with Gasteiger partial charge in [0.2, 0.25) is 0 Å². The van der Waals surface area contributed by atoms with E-state index < -0.39 is 0 Å². The average molecular weight is 411 g/mol. The van der Waals surface area contributed by atoms with Crippen molar-refractivity contribution >= 4 is 12.1 Å². The number of hydrogen-bond donors (Lipinski definition) is 1. The Morgan fingerprint density at radius 1 is 0.867 bits per heavy atom. The largest absolute Gasteiger partial charge is 0.494 e. The van der Waals surface area contributed by atoms with Gasteiger partial charge >= 0.3 is 0 Å². The summed E-state index contributed by atoms with van der Waals surface area (Å²) in [6.07, 6.45) is 9.77. The molecule has 0 aliphatic heterocycles. The molecule has 2 aromatic rings. The minimum absolute atomic E-state index is 0.0724. The van der Waals surface area contributed by atoms with Gasteiger partial charge in [0, 0.05) is 0 Å². The third-order valence-corrected chi connectivity index (χ3v) is 4.66. The maximum atomic E-state index is 11.9. The normalized spacial score (nSPS) is 10.9. The lowest BCUT2D eigenvalue weighted by Crippen LogP contribution is -2.24. The highest BCUT2D eigenvalue weighted by Crippen LogP contribution is 2.14. The van der Waals surface area contributed by atoms with Gasteiger partial charge in [0.1, 0.15) is 11.5 Å². The van der Waals surface area contributed by atoms with Crippen molar-refractivity contribution in [3.05, 3.63) is 59.7 Å². The predicted octanol–water partition coefficient (Wildman–Crippen LogP) is 5.52. The van der Waals surface area contributed by atoms with E-state index in [1.807, 2.05) is 36.4 Å². The highest BCUT2D eigenvalue weighted by Gasteiger charge is 2.02. The molecule has 5 nitrogen and oxygen atoms in total. The van der Waals surface area contributed by atoms with Crippen LogP contribution in [0.1, 0.15) is 63.5 Å². The van der Waals surface area contributed by atoms with Gasteiger partial charge < -0.3 is 9.47 Å². The van der Waals surface area contributed by atoms with Crippen LogP contribution in [0.5, 0.6) is 11.5 Å². The van der Waals surface area contributed by atoms with Gasteiger partial charge in [-0.3, -0.25) is 4.79 Å². The van der Waals surface area contributed by atoms with E-state index in [-0.39, 0.29) is 12.5 Å². The summed E-state index contributed by atoms with van der Waals surface area (Å²) in [6.45, 7) is 5.04. The maximum Gasteiger partial charge on any atom is 0.277 e. The lowest BCUT2D eigenvalue weighted by molar-refractivity contribution is -0.123. The Labute approximate surface area is 180 Å². The molecule has 2 rings (SSSR count). The standard InChI is InChI=1S/C25H34N2O3/c1-3-5-7-9-21-10-14-24(15-11-21)30-20-25(28)27-26-19-22-12-16-23(17-13-22)29-18-8-6-4-2/h10-17,19H,3-9,18,20H2,1-2H3,(H,27,28)/b26-19+. The second kappa shape index (κ2) is 14.2. The number of nitrogens with one attached hydrogen (secondary N) is 1. The van der Waals surface area contributed by atoms with Gasteiger partial charge in [-0.2, -0.15) is 5.10 Å². The monoisotopic (exact) mass is 410 g/mol. The number of rotatable bonds is 14. The number of carbonyl (C=O) groups excluding carboxylic acids is 1. The summed E-state index contributed by atoms with van der Waals surface area (Å²) < 4.78 is 11.2.